The van der Waals surface area contributed by atoms with Crippen LogP contribution in [0.3, 0.4) is 0 Å². The second kappa shape index (κ2) is 17.7. The molecule has 0 aromatic heterocycles. The van der Waals surface area contributed by atoms with Crippen LogP contribution in [0.15, 0.2) is 273 Å². The Hall–Kier alpha value is -8.52. The van der Waals surface area contributed by atoms with Gasteiger partial charge in [-0.15, -0.1) is 0 Å². The first-order valence-electron chi connectivity index (χ1n) is 24.0. The van der Waals surface area contributed by atoms with Gasteiger partial charge in [0.05, 0.1) is 5.48 Å². The Kier molecular flexibility index (Phi) is 9.52. The second-order valence-electron chi connectivity index (χ2n) is 16.3. The minimum absolute atomic E-state index is 0.107. The highest BCUT2D eigenvalue weighted by Gasteiger charge is 2.15. The summed E-state index contributed by atoms with van der Waals surface area (Å²) in [5.74, 6) is 0. The van der Waals surface area contributed by atoms with Gasteiger partial charge in [0.2, 0.25) is 0 Å². The van der Waals surface area contributed by atoms with Crippen LogP contribution in [0, 0.1) is 0 Å². The summed E-state index contributed by atoms with van der Waals surface area (Å²) < 4.78 is 38.5. The van der Waals surface area contributed by atoms with E-state index in [1.807, 2.05) is 95.9 Å². The fraction of sp³-hybridized carbons (Fsp3) is 0. The third-order valence-corrected chi connectivity index (χ3v) is 12.1. The number of hydrogen-bond acceptors (Lipinski definition) is 1. The maximum absolute atomic E-state index is 9.68. The highest BCUT2D eigenvalue weighted by Crippen LogP contribution is 2.40. The van der Waals surface area contributed by atoms with E-state index in [2.05, 4.69) is 158 Å². The lowest BCUT2D eigenvalue weighted by atomic mass is 9.93. The number of benzene rings is 11. The molecular formula is C64H45N. The number of fused-ring (bicyclic) bond motifs is 1. The first-order chi connectivity index (χ1) is 33.9. The molecule has 0 bridgehead atoms. The fourth-order valence-corrected chi connectivity index (χ4v) is 8.67. The van der Waals surface area contributed by atoms with E-state index < -0.39 is 0 Å². The van der Waals surface area contributed by atoms with Crippen LogP contribution in [0.2, 0.25) is 0 Å². The summed E-state index contributed by atoms with van der Waals surface area (Å²) in [4.78, 5) is 1.86. The maximum atomic E-state index is 9.68. The summed E-state index contributed by atoms with van der Waals surface area (Å²) in [5, 5.41) is 2.27. The molecule has 0 aliphatic heterocycles. The molecule has 0 spiro atoms. The summed E-state index contributed by atoms with van der Waals surface area (Å²) in [6.07, 6.45) is 0. The number of anilines is 3. The highest BCUT2D eigenvalue weighted by atomic mass is 15.1. The summed E-state index contributed by atoms with van der Waals surface area (Å²) in [7, 11) is 0. The zero-order valence-corrected chi connectivity index (χ0v) is 35.6. The molecule has 306 valence electrons. The van der Waals surface area contributed by atoms with Crippen molar-refractivity contribution >= 4 is 27.8 Å². The Morgan fingerprint density at radius 2 is 0.523 bits per heavy atom. The lowest BCUT2D eigenvalue weighted by Crippen LogP contribution is -2.09. The Bertz CT molecular complexity index is 3530. The van der Waals surface area contributed by atoms with Crippen LogP contribution in [-0.2, 0) is 0 Å². The van der Waals surface area contributed by atoms with Gasteiger partial charge >= 0.3 is 0 Å². The average molecular weight is 832 g/mol. The predicted molar refractivity (Wildman–Crippen MR) is 277 cm³/mol. The zero-order chi connectivity index (χ0) is 46.8. The van der Waals surface area contributed by atoms with Gasteiger partial charge in [-0.05, 0) is 155 Å². The smallest absolute Gasteiger partial charge is 0.0645 e. The van der Waals surface area contributed by atoms with Gasteiger partial charge in [-0.2, -0.15) is 0 Å². The second-order valence-corrected chi connectivity index (χ2v) is 16.3. The molecule has 0 saturated heterocycles. The Morgan fingerprint density at radius 1 is 0.200 bits per heavy atom. The van der Waals surface area contributed by atoms with Crippen LogP contribution >= 0.6 is 0 Å². The third kappa shape index (κ3) is 8.40. The van der Waals surface area contributed by atoms with Crippen molar-refractivity contribution in [3.05, 3.63) is 273 Å². The average Bonchev–Trinajstić information content (AvgIpc) is 3.42. The zero-order valence-electron chi connectivity index (χ0n) is 39.6. The molecule has 1 nitrogen and oxygen atoms in total. The molecule has 0 N–H and O–H groups in total. The molecule has 11 rings (SSSR count). The predicted octanol–water partition coefficient (Wildman–Crippen LogP) is 18.0. The largest absolute Gasteiger partial charge is 0.311 e. The normalized spacial score (nSPS) is 11.9. The summed E-state index contributed by atoms with van der Waals surface area (Å²) in [6, 6.07) is 84.4. The van der Waals surface area contributed by atoms with E-state index in [0.717, 1.165) is 77.5 Å². The van der Waals surface area contributed by atoms with Crippen molar-refractivity contribution in [2.45, 2.75) is 0 Å². The Balaban J connectivity index is 1.01. The quantitative estimate of drug-likeness (QED) is 0.133. The van der Waals surface area contributed by atoms with Crippen molar-refractivity contribution in [2.75, 3.05) is 4.90 Å². The topological polar surface area (TPSA) is 3.24 Å². The lowest BCUT2D eigenvalue weighted by Gasteiger charge is -2.26. The van der Waals surface area contributed by atoms with E-state index in [1.54, 1.807) is 0 Å². The van der Waals surface area contributed by atoms with E-state index >= 15 is 0 Å². The van der Waals surface area contributed by atoms with E-state index in [4.69, 9.17) is 0 Å². The van der Waals surface area contributed by atoms with Crippen molar-refractivity contribution in [1.29, 1.82) is 0 Å². The van der Waals surface area contributed by atoms with Crippen LogP contribution in [0.1, 0.15) is 5.48 Å². The SMILES string of the molecule is [2H]c1c([2H])c(N(c2ccc(-c3ccc(-c4ccccc4)cc3)cc2)c2ccc(-c3cc(-c4ccccc4)cc(-c4ccccc4)c3)cc2)c([2H])c([2H])c1-c1cccc(-c2ccc3ccccc3c2)c1. The molecule has 0 unspecified atom stereocenters. The van der Waals surface area contributed by atoms with Gasteiger partial charge < -0.3 is 4.90 Å². The van der Waals surface area contributed by atoms with Crippen LogP contribution in [-0.4, -0.2) is 0 Å². The van der Waals surface area contributed by atoms with Crippen molar-refractivity contribution in [1.82, 2.24) is 0 Å². The van der Waals surface area contributed by atoms with E-state index in [1.165, 1.54) is 0 Å². The third-order valence-electron chi connectivity index (χ3n) is 12.1. The maximum Gasteiger partial charge on any atom is 0.0645 e. The van der Waals surface area contributed by atoms with Gasteiger partial charge in [-0.3, -0.25) is 0 Å². The van der Waals surface area contributed by atoms with Crippen LogP contribution in [0.5, 0.6) is 0 Å². The van der Waals surface area contributed by atoms with Crippen LogP contribution in [0.4, 0.5) is 17.1 Å². The minimum atomic E-state index is -0.130. The molecule has 65 heavy (non-hydrogen) atoms. The Labute approximate surface area is 387 Å². The minimum Gasteiger partial charge on any atom is -0.311 e. The van der Waals surface area contributed by atoms with Crippen molar-refractivity contribution in [2.24, 2.45) is 0 Å². The monoisotopic (exact) mass is 831 g/mol. The lowest BCUT2D eigenvalue weighted by molar-refractivity contribution is 1.28. The van der Waals surface area contributed by atoms with E-state index in [-0.39, 0.29) is 35.4 Å². The van der Waals surface area contributed by atoms with Crippen LogP contribution in [0.25, 0.3) is 88.7 Å². The van der Waals surface area contributed by atoms with Crippen molar-refractivity contribution in [3.63, 3.8) is 0 Å². The van der Waals surface area contributed by atoms with Gasteiger partial charge in [-0.1, -0.05) is 206 Å². The first-order valence-corrected chi connectivity index (χ1v) is 22.0. The molecular weight excluding hydrogens is 783 g/mol. The Morgan fingerprint density at radius 3 is 1.02 bits per heavy atom. The van der Waals surface area contributed by atoms with E-state index in [0.29, 0.717) is 16.9 Å². The van der Waals surface area contributed by atoms with E-state index in [9.17, 15) is 5.48 Å². The first kappa shape index (κ1) is 35.0. The van der Waals surface area contributed by atoms with Crippen LogP contribution < -0.4 is 4.90 Å². The summed E-state index contributed by atoms with van der Waals surface area (Å²) in [5.41, 5.74) is 15.3. The highest BCUT2D eigenvalue weighted by molar-refractivity contribution is 5.89. The molecule has 0 aliphatic rings. The molecule has 11 aromatic carbocycles. The van der Waals surface area contributed by atoms with Gasteiger partial charge in [-0.25, -0.2) is 0 Å². The van der Waals surface area contributed by atoms with Crippen molar-refractivity contribution in [3.8, 4) is 77.9 Å². The number of hydrogen-bond donors (Lipinski definition) is 0. The van der Waals surface area contributed by atoms with Gasteiger partial charge in [0, 0.05) is 17.1 Å². The molecule has 0 amide bonds. The van der Waals surface area contributed by atoms with Gasteiger partial charge in [0.25, 0.3) is 0 Å². The standard InChI is InChI=1S/C64H45N/c1-4-13-46(14-5-1)50-23-25-51(26-24-50)52-29-35-62(36-30-52)65(63-37-31-53(32-38-63)56-21-12-22-57(41-56)58-28-27-49-19-10-11-20-55(49)42-58)64-39-33-54(34-40-64)61-44-59(47-15-6-2-7-16-47)43-60(45-61)48-17-8-3-9-18-48/h1-45H/i31D,32D,37D,38D. The summed E-state index contributed by atoms with van der Waals surface area (Å²) >= 11 is 0. The summed E-state index contributed by atoms with van der Waals surface area (Å²) in [6.45, 7) is 0. The molecule has 0 aliphatic carbocycles. The number of rotatable bonds is 10. The molecule has 1 heteroatoms. The van der Waals surface area contributed by atoms with Gasteiger partial charge in [0.1, 0.15) is 0 Å². The molecule has 0 saturated carbocycles. The van der Waals surface area contributed by atoms with Crippen molar-refractivity contribution < 1.29 is 5.48 Å². The number of nitrogens with zero attached hydrogens (tertiary/aromatic N) is 1. The van der Waals surface area contributed by atoms with Gasteiger partial charge in [0.15, 0.2) is 0 Å². The molecule has 11 aromatic rings. The fourth-order valence-electron chi connectivity index (χ4n) is 8.67. The molecule has 0 atom stereocenters. The molecule has 0 heterocycles. The molecule has 0 radical (unpaired) electrons. The molecule has 0 fully saturated rings.